The van der Waals surface area contributed by atoms with E-state index in [1.165, 1.54) is 53.0 Å². The van der Waals surface area contributed by atoms with Crippen molar-refractivity contribution >= 4 is 44.0 Å². The summed E-state index contributed by atoms with van der Waals surface area (Å²) in [5.41, 5.74) is 1.37. The van der Waals surface area contributed by atoms with Crippen molar-refractivity contribution in [1.29, 1.82) is 0 Å². The number of carbonyl (C=O) groups is 1. The lowest BCUT2D eigenvalue weighted by Crippen LogP contribution is -2.33. The molecule has 6 nitrogen and oxygen atoms in total. The van der Waals surface area contributed by atoms with Crippen molar-refractivity contribution in [3.63, 3.8) is 0 Å². The van der Waals surface area contributed by atoms with Gasteiger partial charge in [-0.15, -0.1) is 11.3 Å². The first-order valence-corrected chi connectivity index (χ1v) is 12.0. The van der Waals surface area contributed by atoms with Crippen LogP contribution in [0.25, 0.3) is 11.3 Å². The minimum atomic E-state index is -3.78. The standard InChI is InChI=1S/C21H21ClFN3O3S2/c1-12(2)26(4)31(28,29)16-9-10-18(22)17(11-16)20(27)25-21-24-19(13(3)30-21)14-5-7-15(23)8-6-14/h5-12H,1-4H3,(H,24,25,27). The highest BCUT2D eigenvalue weighted by Crippen LogP contribution is 2.31. The van der Waals surface area contributed by atoms with Crippen LogP contribution in [0.15, 0.2) is 47.4 Å². The van der Waals surface area contributed by atoms with E-state index in [-0.39, 0.29) is 27.3 Å². The zero-order valence-electron chi connectivity index (χ0n) is 17.3. The van der Waals surface area contributed by atoms with E-state index >= 15 is 0 Å². The average molecular weight is 482 g/mol. The number of amides is 1. The van der Waals surface area contributed by atoms with Crippen LogP contribution >= 0.6 is 22.9 Å². The molecule has 0 aliphatic heterocycles. The molecule has 0 saturated carbocycles. The van der Waals surface area contributed by atoms with Gasteiger partial charge in [0.1, 0.15) is 5.82 Å². The van der Waals surface area contributed by atoms with E-state index in [1.807, 2.05) is 6.92 Å². The molecule has 0 bridgehead atoms. The quantitative estimate of drug-likeness (QED) is 0.525. The second-order valence-corrected chi connectivity index (χ2v) is 10.7. The third-order valence-corrected chi connectivity index (χ3v) is 7.97. The Labute approximate surface area is 189 Å². The number of halogens is 2. The third-order valence-electron chi connectivity index (χ3n) is 4.72. The van der Waals surface area contributed by atoms with Crippen LogP contribution in [-0.2, 0) is 10.0 Å². The van der Waals surface area contributed by atoms with Gasteiger partial charge in [-0.05, 0) is 63.2 Å². The Morgan fingerprint density at radius 3 is 2.45 bits per heavy atom. The zero-order valence-corrected chi connectivity index (χ0v) is 19.7. The molecule has 1 N–H and O–H groups in total. The highest BCUT2D eigenvalue weighted by Gasteiger charge is 2.25. The van der Waals surface area contributed by atoms with Gasteiger partial charge in [-0.1, -0.05) is 11.6 Å². The van der Waals surface area contributed by atoms with Gasteiger partial charge in [-0.25, -0.2) is 17.8 Å². The van der Waals surface area contributed by atoms with E-state index in [4.69, 9.17) is 11.6 Å². The lowest BCUT2D eigenvalue weighted by molar-refractivity contribution is 0.102. The van der Waals surface area contributed by atoms with Crippen molar-refractivity contribution in [2.75, 3.05) is 12.4 Å². The summed E-state index contributed by atoms with van der Waals surface area (Å²) in [7, 11) is -2.30. The predicted molar refractivity (Wildman–Crippen MR) is 122 cm³/mol. The Bertz CT molecular complexity index is 1230. The number of anilines is 1. The van der Waals surface area contributed by atoms with Crippen molar-refractivity contribution < 1.29 is 17.6 Å². The van der Waals surface area contributed by atoms with Crippen LogP contribution < -0.4 is 5.32 Å². The van der Waals surface area contributed by atoms with Gasteiger partial charge in [0.2, 0.25) is 10.0 Å². The van der Waals surface area contributed by atoms with Crippen LogP contribution in [0.2, 0.25) is 5.02 Å². The number of hydrogen-bond acceptors (Lipinski definition) is 5. The molecule has 10 heteroatoms. The van der Waals surface area contributed by atoms with Crippen molar-refractivity contribution in [2.24, 2.45) is 0 Å². The molecule has 31 heavy (non-hydrogen) atoms. The number of nitrogens with one attached hydrogen (secondary N) is 1. The van der Waals surface area contributed by atoms with Gasteiger partial charge in [-0.3, -0.25) is 10.1 Å². The largest absolute Gasteiger partial charge is 0.298 e. The van der Waals surface area contributed by atoms with Crippen molar-refractivity contribution in [2.45, 2.75) is 31.7 Å². The Kier molecular flexibility index (Phi) is 6.80. The summed E-state index contributed by atoms with van der Waals surface area (Å²) in [5, 5.41) is 3.12. The van der Waals surface area contributed by atoms with E-state index in [0.29, 0.717) is 10.8 Å². The molecule has 1 heterocycles. The van der Waals surface area contributed by atoms with Gasteiger partial charge < -0.3 is 0 Å². The van der Waals surface area contributed by atoms with Crippen LogP contribution in [0.1, 0.15) is 29.1 Å². The van der Waals surface area contributed by atoms with Gasteiger partial charge in [0, 0.05) is 23.5 Å². The van der Waals surface area contributed by atoms with Crippen LogP contribution in [-0.4, -0.2) is 36.7 Å². The molecule has 0 aliphatic carbocycles. The summed E-state index contributed by atoms with van der Waals surface area (Å²) < 4.78 is 39.9. The summed E-state index contributed by atoms with van der Waals surface area (Å²) in [5.74, 6) is -0.925. The summed E-state index contributed by atoms with van der Waals surface area (Å²) in [6.07, 6.45) is 0. The van der Waals surface area contributed by atoms with Crippen LogP contribution in [0.3, 0.4) is 0 Å². The minimum Gasteiger partial charge on any atom is -0.298 e. The first-order chi connectivity index (χ1) is 14.5. The molecule has 1 amide bonds. The number of aryl methyl sites for hydroxylation is 1. The number of hydrogen-bond donors (Lipinski definition) is 1. The SMILES string of the molecule is Cc1sc(NC(=O)c2cc(S(=O)(=O)N(C)C(C)C)ccc2Cl)nc1-c1ccc(F)cc1. The molecule has 0 saturated heterocycles. The Hall–Kier alpha value is -2.33. The first-order valence-electron chi connectivity index (χ1n) is 9.33. The van der Waals surface area contributed by atoms with Gasteiger partial charge in [0.25, 0.3) is 5.91 Å². The maximum Gasteiger partial charge on any atom is 0.259 e. The van der Waals surface area contributed by atoms with Gasteiger partial charge in [-0.2, -0.15) is 4.31 Å². The number of carbonyl (C=O) groups excluding carboxylic acids is 1. The summed E-state index contributed by atoms with van der Waals surface area (Å²) >= 11 is 7.43. The molecule has 0 spiro atoms. The van der Waals surface area contributed by atoms with Crippen LogP contribution in [0.4, 0.5) is 9.52 Å². The molecule has 164 valence electrons. The zero-order chi connectivity index (χ0) is 22.9. The molecule has 2 aromatic carbocycles. The van der Waals surface area contributed by atoms with Gasteiger partial charge in [0.15, 0.2) is 5.13 Å². The maximum atomic E-state index is 13.2. The Balaban J connectivity index is 1.89. The topological polar surface area (TPSA) is 79.4 Å². The molecule has 3 aromatic rings. The van der Waals surface area contributed by atoms with E-state index in [0.717, 1.165) is 10.4 Å². The molecule has 0 atom stereocenters. The van der Waals surface area contributed by atoms with E-state index in [2.05, 4.69) is 10.3 Å². The Morgan fingerprint density at radius 1 is 1.19 bits per heavy atom. The van der Waals surface area contributed by atoms with E-state index < -0.39 is 15.9 Å². The fourth-order valence-electron chi connectivity index (χ4n) is 2.77. The fraction of sp³-hybridized carbons (Fsp3) is 0.238. The number of rotatable bonds is 6. The maximum absolute atomic E-state index is 13.2. The van der Waals surface area contributed by atoms with Crippen LogP contribution in [0.5, 0.6) is 0 Å². The average Bonchev–Trinajstić information content (AvgIpc) is 3.07. The summed E-state index contributed by atoms with van der Waals surface area (Å²) in [6, 6.07) is 9.66. The monoisotopic (exact) mass is 481 g/mol. The molecule has 0 fully saturated rings. The smallest absolute Gasteiger partial charge is 0.259 e. The van der Waals surface area contributed by atoms with Crippen molar-refractivity contribution in [3.8, 4) is 11.3 Å². The number of sulfonamides is 1. The first kappa shape index (κ1) is 23.3. The van der Waals surface area contributed by atoms with Gasteiger partial charge in [0.05, 0.1) is 21.2 Å². The second-order valence-electron chi connectivity index (χ2n) is 7.14. The Morgan fingerprint density at radius 2 is 1.84 bits per heavy atom. The number of aromatic nitrogens is 1. The van der Waals surface area contributed by atoms with Crippen molar-refractivity contribution in [3.05, 3.63) is 63.7 Å². The molecular weight excluding hydrogens is 461 g/mol. The summed E-state index contributed by atoms with van der Waals surface area (Å²) in [6.45, 7) is 5.35. The molecule has 0 unspecified atom stereocenters. The third kappa shape index (κ3) is 4.95. The predicted octanol–water partition coefficient (Wildman–Crippen LogP) is 5.19. The minimum absolute atomic E-state index is 0.0242. The molecule has 0 aliphatic rings. The van der Waals surface area contributed by atoms with E-state index in [1.54, 1.807) is 26.0 Å². The molecule has 1 aromatic heterocycles. The number of thiazole rings is 1. The van der Waals surface area contributed by atoms with Crippen molar-refractivity contribution in [1.82, 2.24) is 9.29 Å². The number of nitrogens with zero attached hydrogens (tertiary/aromatic N) is 2. The second kappa shape index (κ2) is 9.04. The lowest BCUT2D eigenvalue weighted by atomic mass is 10.1. The molecule has 0 radical (unpaired) electrons. The normalized spacial score (nSPS) is 11.9. The highest BCUT2D eigenvalue weighted by atomic mass is 35.5. The van der Waals surface area contributed by atoms with Crippen LogP contribution in [0, 0.1) is 12.7 Å². The van der Waals surface area contributed by atoms with E-state index in [9.17, 15) is 17.6 Å². The van der Waals surface area contributed by atoms with Gasteiger partial charge >= 0.3 is 0 Å². The molecular formula is C21H21ClFN3O3S2. The lowest BCUT2D eigenvalue weighted by Gasteiger charge is -2.21. The highest BCUT2D eigenvalue weighted by molar-refractivity contribution is 7.89. The molecule has 3 rings (SSSR count). The summed E-state index contributed by atoms with van der Waals surface area (Å²) in [4.78, 5) is 18.1. The fourth-order valence-corrected chi connectivity index (χ4v) is 5.20. The number of benzene rings is 2.